The molecule has 10 heavy (non-hydrogen) atoms. The SMILES string of the molecule is NCC#Cc1ccccn1. The number of hydrogen-bond acceptors (Lipinski definition) is 2. The zero-order chi connectivity index (χ0) is 7.23. The monoisotopic (exact) mass is 132 g/mol. The van der Waals surface area contributed by atoms with Crippen molar-refractivity contribution >= 4 is 0 Å². The quantitative estimate of drug-likeness (QED) is 0.519. The van der Waals surface area contributed by atoms with E-state index in [2.05, 4.69) is 16.8 Å². The maximum Gasteiger partial charge on any atom is 0.113 e. The fourth-order valence-electron chi connectivity index (χ4n) is 0.578. The van der Waals surface area contributed by atoms with Crippen LogP contribution in [-0.4, -0.2) is 11.5 Å². The lowest BCUT2D eigenvalue weighted by Gasteiger charge is -1.83. The van der Waals surface area contributed by atoms with Crippen molar-refractivity contribution in [3.05, 3.63) is 30.1 Å². The molecule has 2 heteroatoms. The van der Waals surface area contributed by atoms with E-state index in [1.165, 1.54) is 0 Å². The second kappa shape index (κ2) is 3.65. The van der Waals surface area contributed by atoms with Gasteiger partial charge in [-0.05, 0) is 18.1 Å². The fourth-order valence-corrected chi connectivity index (χ4v) is 0.578. The minimum absolute atomic E-state index is 0.385. The molecule has 0 spiro atoms. The molecule has 0 fully saturated rings. The van der Waals surface area contributed by atoms with Crippen molar-refractivity contribution in [1.29, 1.82) is 0 Å². The van der Waals surface area contributed by atoms with Gasteiger partial charge in [0.05, 0.1) is 6.54 Å². The topological polar surface area (TPSA) is 38.9 Å². The Bertz CT molecular complexity index is 243. The summed E-state index contributed by atoms with van der Waals surface area (Å²) >= 11 is 0. The maximum absolute atomic E-state index is 5.17. The Hall–Kier alpha value is -1.33. The van der Waals surface area contributed by atoms with E-state index in [4.69, 9.17) is 5.73 Å². The van der Waals surface area contributed by atoms with E-state index in [0.717, 1.165) is 5.69 Å². The van der Waals surface area contributed by atoms with E-state index in [9.17, 15) is 0 Å². The van der Waals surface area contributed by atoms with Crippen molar-refractivity contribution in [1.82, 2.24) is 4.98 Å². The molecule has 50 valence electrons. The van der Waals surface area contributed by atoms with Crippen LogP contribution in [0.2, 0.25) is 0 Å². The average molecular weight is 132 g/mol. The lowest BCUT2D eigenvalue weighted by atomic mass is 10.3. The van der Waals surface area contributed by atoms with Gasteiger partial charge in [-0.15, -0.1) is 0 Å². The first-order valence-corrected chi connectivity index (χ1v) is 3.03. The van der Waals surface area contributed by atoms with Crippen LogP contribution in [0.25, 0.3) is 0 Å². The van der Waals surface area contributed by atoms with Gasteiger partial charge >= 0.3 is 0 Å². The Morgan fingerprint density at radius 2 is 2.40 bits per heavy atom. The summed E-state index contributed by atoms with van der Waals surface area (Å²) in [4.78, 5) is 3.99. The summed E-state index contributed by atoms with van der Waals surface area (Å²) in [6, 6.07) is 5.60. The molecule has 0 unspecified atom stereocenters. The number of hydrogen-bond donors (Lipinski definition) is 1. The molecular formula is C8H8N2. The molecule has 0 amide bonds. The molecule has 0 aliphatic rings. The number of pyridine rings is 1. The first-order valence-electron chi connectivity index (χ1n) is 3.03. The van der Waals surface area contributed by atoms with Crippen molar-refractivity contribution in [2.24, 2.45) is 5.73 Å². The van der Waals surface area contributed by atoms with Gasteiger partial charge in [0.15, 0.2) is 0 Å². The number of aromatic nitrogens is 1. The summed E-state index contributed by atoms with van der Waals surface area (Å²) in [7, 11) is 0. The molecule has 0 saturated heterocycles. The summed E-state index contributed by atoms with van der Waals surface area (Å²) < 4.78 is 0. The summed E-state index contributed by atoms with van der Waals surface area (Å²) in [5, 5.41) is 0. The third-order valence-electron chi connectivity index (χ3n) is 0.983. The molecule has 0 aliphatic carbocycles. The van der Waals surface area contributed by atoms with Crippen molar-refractivity contribution in [3.8, 4) is 11.8 Å². The first-order chi connectivity index (χ1) is 4.93. The van der Waals surface area contributed by atoms with Gasteiger partial charge in [-0.3, -0.25) is 0 Å². The van der Waals surface area contributed by atoms with Crippen LogP contribution in [0, 0.1) is 11.8 Å². The fraction of sp³-hybridized carbons (Fsp3) is 0.125. The molecule has 0 aromatic carbocycles. The van der Waals surface area contributed by atoms with E-state index in [1.54, 1.807) is 6.20 Å². The van der Waals surface area contributed by atoms with Crippen molar-refractivity contribution in [2.75, 3.05) is 6.54 Å². The van der Waals surface area contributed by atoms with Crippen LogP contribution in [-0.2, 0) is 0 Å². The zero-order valence-corrected chi connectivity index (χ0v) is 5.54. The van der Waals surface area contributed by atoms with Gasteiger partial charge < -0.3 is 5.73 Å². The van der Waals surface area contributed by atoms with Gasteiger partial charge in [-0.25, -0.2) is 4.98 Å². The summed E-state index contributed by atoms with van der Waals surface area (Å²) in [5.74, 6) is 5.54. The molecule has 0 bridgehead atoms. The highest BCUT2D eigenvalue weighted by Gasteiger charge is 1.80. The first kappa shape index (κ1) is 6.79. The number of nitrogens with two attached hydrogens (primary N) is 1. The molecule has 1 rings (SSSR count). The molecule has 0 radical (unpaired) electrons. The molecule has 1 heterocycles. The highest BCUT2D eigenvalue weighted by molar-refractivity contribution is 5.26. The molecular weight excluding hydrogens is 124 g/mol. The van der Waals surface area contributed by atoms with Gasteiger partial charge in [0.1, 0.15) is 5.69 Å². The second-order valence-corrected chi connectivity index (χ2v) is 1.72. The van der Waals surface area contributed by atoms with E-state index in [0.29, 0.717) is 6.54 Å². The predicted octanol–water partition coefficient (Wildman–Crippen LogP) is 0.392. The zero-order valence-electron chi connectivity index (χ0n) is 5.54. The van der Waals surface area contributed by atoms with Gasteiger partial charge in [0.25, 0.3) is 0 Å². The van der Waals surface area contributed by atoms with Gasteiger partial charge in [-0.1, -0.05) is 12.0 Å². The Morgan fingerprint density at radius 1 is 1.50 bits per heavy atom. The van der Waals surface area contributed by atoms with Gasteiger partial charge in [0, 0.05) is 6.20 Å². The Labute approximate surface area is 60.1 Å². The highest BCUT2D eigenvalue weighted by atomic mass is 14.6. The lowest BCUT2D eigenvalue weighted by Crippen LogP contribution is -1.93. The molecule has 0 saturated carbocycles. The standard InChI is InChI=1S/C8H8N2/c9-6-3-5-8-4-1-2-7-10-8/h1-2,4,7H,6,9H2. The van der Waals surface area contributed by atoms with Gasteiger partial charge in [0.2, 0.25) is 0 Å². The van der Waals surface area contributed by atoms with Crippen LogP contribution >= 0.6 is 0 Å². The Balaban J connectivity index is 2.76. The molecule has 1 aromatic heterocycles. The van der Waals surface area contributed by atoms with E-state index in [-0.39, 0.29) is 0 Å². The number of rotatable bonds is 0. The van der Waals surface area contributed by atoms with Crippen molar-refractivity contribution in [2.45, 2.75) is 0 Å². The van der Waals surface area contributed by atoms with Gasteiger partial charge in [-0.2, -0.15) is 0 Å². The second-order valence-electron chi connectivity index (χ2n) is 1.72. The highest BCUT2D eigenvalue weighted by Crippen LogP contribution is 1.87. The summed E-state index contributed by atoms with van der Waals surface area (Å²) in [6.45, 7) is 0.385. The Kier molecular flexibility index (Phi) is 2.48. The lowest BCUT2D eigenvalue weighted by molar-refractivity contribution is 1.27. The van der Waals surface area contributed by atoms with E-state index in [1.807, 2.05) is 18.2 Å². The third-order valence-corrected chi connectivity index (χ3v) is 0.983. The minimum Gasteiger partial charge on any atom is -0.320 e. The van der Waals surface area contributed by atoms with Crippen LogP contribution in [0.3, 0.4) is 0 Å². The largest absolute Gasteiger partial charge is 0.320 e. The van der Waals surface area contributed by atoms with Crippen LogP contribution in [0.5, 0.6) is 0 Å². The molecule has 0 aliphatic heterocycles. The molecule has 2 nitrogen and oxygen atoms in total. The van der Waals surface area contributed by atoms with E-state index < -0.39 is 0 Å². The smallest absolute Gasteiger partial charge is 0.113 e. The van der Waals surface area contributed by atoms with Crippen LogP contribution < -0.4 is 5.73 Å². The average Bonchev–Trinajstić information content (AvgIpc) is 2.03. The van der Waals surface area contributed by atoms with E-state index >= 15 is 0 Å². The third kappa shape index (κ3) is 1.88. The summed E-state index contributed by atoms with van der Waals surface area (Å²) in [6.07, 6.45) is 1.71. The number of nitrogens with zero attached hydrogens (tertiary/aromatic N) is 1. The van der Waals surface area contributed by atoms with Crippen LogP contribution in [0.4, 0.5) is 0 Å². The normalized spacial score (nSPS) is 8.10. The molecule has 1 aromatic rings. The van der Waals surface area contributed by atoms with Crippen LogP contribution in [0.15, 0.2) is 24.4 Å². The van der Waals surface area contributed by atoms with Crippen molar-refractivity contribution < 1.29 is 0 Å². The molecule has 2 N–H and O–H groups in total. The minimum atomic E-state index is 0.385. The molecule has 0 atom stereocenters. The predicted molar refractivity (Wildman–Crippen MR) is 40.2 cm³/mol. The summed E-state index contributed by atoms with van der Waals surface area (Å²) in [5.41, 5.74) is 5.95. The van der Waals surface area contributed by atoms with Crippen molar-refractivity contribution in [3.63, 3.8) is 0 Å². The van der Waals surface area contributed by atoms with Crippen LogP contribution in [0.1, 0.15) is 5.69 Å². The maximum atomic E-state index is 5.17. The Morgan fingerprint density at radius 3 is 3.00 bits per heavy atom.